The molecule has 0 amide bonds. The zero-order valence-corrected chi connectivity index (χ0v) is 15.4. The summed E-state index contributed by atoms with van der Waals surface area (Å²) in [5, 5.41) is 0. The van der Waals surface area contributed by atoms with Gasteiger partial charge in [-0.3, -0.25) is 14.3 Å². The van der Waals surface area contributed by atoms with Crippen LogP contribution in [0.2, 0.25) is 0 Å². The predicted molar refractivity (Wildman–Crippen MR) is 97.3 cm³/mol. The van der Waals surface area contributed by atoms with Crippen LogP contribution in [0.4, 0.5) is 5.95 Å². The highest BCUT2D eigenvalue weighted by Crippen LogP contribution is 2.46. The number of allylic oxidation sites excluding steroid dienone is 1. The second kappa shape index (κ2) is 7.17. The molecule has 0 bridgehead atoms. The molecule has 2 aromatic heterocycles. The first kappa shape index (κ1) is 18.3. The monoisotopic (exact) mass is 396 g/mol. The van der Waals surface area contributed by atoms with Crippen molar-refractivity contribution in [2.24, 2.45) is 0 Å². The van der Waals surface area contributed by atoms with Crippen molar-refractivity contribution in [1.82, 2.24) is 24.2 Å². The third-order valence-electron chi connectivity index (χ3n) is 4.72. The number of aromatic nitrogens is 4. The summed E-state index contributed by atoms with van der Waals surface area (Å²) in [6, 6.07) is -0.129. The van der Waals surface area contributed by atoms with Crippen molar-refractivity contribution >= 4 is 24.6 Å². The number of hydrogen-bond donors (Lipinski definition) is 3. The van der Waals surface area contributed by atoms with Gasteiger partial charge in [-0.05, 0) is 0 Å². The molecular formula is C15H21N6O5P. The van der Waals surface area contributed by atoms with E-state index in [2.05, 4.69) is 15.0 Å². The molecule has 1 saturated heterocycles. The van der Waals surface area contributed by atoms with Crippen LogP contribution in [0.25, 0.3) is 11.2 Å². The van der Waals surface area contributed by atoms with Crippen molar-refractivity contribution in [2.75, 3.05) is 38.4 Å². The van der Waals surface area contributed by atoms with E-state index < -0.39 is 13.1 Å². The molecule has 27 heavy (non-hydrogen) atoms. The molecule has 4 N–H and O–H groups in total. The maximum absolute atomic E-state index is 12.5. The summed E-state index contributed by atoms with van der Waals surface area (Å²) in [4.78, 5) is 32.8. The van der Waals surface area contributed by atoms with E-state index in [1.807, 2.05) is 12.2 Å². The number of morpholine rings is 1. The zero-order chi connectivity index (χ0) is 19.0. The van der Waals surface area contributed by atoms with Gasteiger partial charge in [0.15, 0.2) is 11.2 Å². The highest BCUT2D eigenvalue weighted by atomic mass is 31.2. The SMILES string of the molecule is Nc1nc2c(ncn2[C@@H]2C=C[C@H](OCP(=O)(O)N3CCOCC3)C2)c(=O)[nH]1. The lowest BCUT2D eigenvalue weighted by atomic mass is 10.2. The number of nitrogens with one attached hydrogen (secondary N) is 1. The number of aromatic amines is 1. The van der Waals surface area contributed by atoms with Crippen LogP contribution in [0.1, 0.15) is 12.5 Å². The summed E-state index contributed by atoms with van der Waals surface area (Å²) in [7, 11) is -3.55. The minimum Gasteiger partial charge on any atom is -0.379 e. The molecule has 1 aliphatic heterocycles. The Morgan fingerprint density at radius 3 is 2.96 bits per heavy atom. The standard InChI is InChI=1S/C15H21N6O5P/c16-15-18-13-12(14(22)19-15)17-8-21(13)10-1-2-11(7-10)26-9-27(23,24)20-3-5-25-6-4-20/h1-2,8,10-11H,3-7,9H2,(H,23,24)(H3,16,18,19,22)/t10-,11+/m1/s1. The van der Waals surface area contributed by atoms with E-state index in [1.54, 1.807) is 4.57 Å². The third kappa shape index (κ3) is 3.69. The van der Waals surface area contributed by atoms with E-state index in [4.69, 9.17) is 15.2 Å². The molecule has 0 spiro atoms. The molecule has 3 heterocycles. The van der Waals surface area contributed by atoms with Crippen LogP contribution < -0.4 is 11.3 Å². The first-order valence-electron chi connectivity index (χ1n) is 8.61. The van der Waals surface area contributed by atoms with E-state index in [0.717, 1.165) is 0 Å². The van der Waals surface area contributed by atoms with Crippen molar-refractivity contribution in [3.05, 3.63) is 28.8 Å². The molecule has 1 unspecified atom stereocenters. The minimum absolute atomic E-state index is 0.0238. The Kier molecular flexibility index (Phi) is 4.87. The van der Waals surface area contributed by atoms with E-state index in [0.29, 0.717) is 38.4 Å². The van der Waals surface area contributed by atoms with E-state index in [1.165, 1.54) is 11.0 Å². The van der Waals surface area contributed by atoms with Gasteiger partial charge in [0.05, 0.1) is 31.7 Å². The normalized spacial score (nSPS) is 25.8. The maximum atomic E-state index is 12.5. The second-order valence-electron chi connectivity index (χ2n) is 6.53. The highest BCUT2D eigenvalue weighted by molar-refractivity contribution is 7.55. The molecule has 12 heteroatoms. The van der Waals surface area contributed by atoms with Crippen LogP contribution in [0.5, 0.6) is 0 Å². The molecule has 3 atom stereocenters. The topological polar surface area (TPSA) is 149 Å². The predicted octanol–water partition coefficient (Wildman–Crippen LogP) is 0.0631. The van der Waals surface area contributed by atoms with E-state index in [9.17, 15) is 14.3 Å². The Bertz CT molecular complexity index is 965. The number of nitrogens with zero attached hydrogens (tertiary/aromatic N) is 4. The highest BCUT2D eigenvalue weighted by Gasteiger charge is 2.32. The number of anilines is 1. The molecule has 0 aromatic carbocycles. The van der Waals surface area contributed by atoms with Gasteiger partial charge in [0.2, 0.25) is 5.95 Å². The number of nitrogens with two attached hydrogens (primary N) is 1. The average Bonchev–Trinajstić information content (AvgIpc) is 3.27. The van der Waals surface area contributed by atoms with Gasteiger partial charge in [-0.1, -0.05) is 12.2 Å². The average molecular weight is 396 g/mol. The molecule has 0 radical (unpaired) electrons. The smallest absolute Gasteiger partial charge is 0.295 e. The number of rotatable bonds is 5. The van der Waals surface area contributed by atoms with Crippen molar-refractivity contribution < 1.29 is 18.9 Å². The van der Waals surface area contributed by atoms with Crippen LogP contribution in [0.3, 0.4) is 0 Å². The zero-order valence-electron chi connectivity index (χ0n) is 14.5. The summed E-state index contributed by atoms with van der Waals surface area (Å²) in [6.07, 6.45) is 5.27. The first-order valence-corrected chi connectivity index (χ1v) is 10.4. The van der Waals surface area contributed by atoms with E-state index in [-0.39, 0.29) is 30.0 Å². The Morgan fingerprint density at radius 2 is 2.19 bits per heavy atom. The quantitative estimate of drug-likeness (QED) is 0.471. The van der Waals surface area contributed by atoms with Crippen molar-refractivity contribution in [3.8, 4) is 0 Å². The van der Waals surface area contributed by atoms with Gasteiger partial charge in [-0.15, -0.1) is 0 Å². The molecule has 1 aliphatic carbocycles. The van der Waals surface area contributed by atoms with Crippen molar-refractivity contribution in [1.29, 1.82) is 0 Å². The Balaban J connectivity index is 1.42. The van der Waals surface area contributed by atoms with E-state index >= 15 is 0 Å². The Morgan fingerprint density at radius 1 is 1.41 bits per heavy atom. The lowest BCUT2D eigenvalue weighted by molar-refractivity contribution is 0.0587. The molecule has 2 aromatic rings. The number of fused-ring (bicyclic) bond motifs is 1. The second-order valence-corrected chi connectivity index (χ2v) is 8.68. The number of imidazole rings is 1. The summed E-state index contributed by atoms with van der Waals surface area (Å²) >= 11 is 0. The third-order valence-corrected chi connectivity index (χ3v) is 6.49. The molecule has 4 rings (SSSR count). The fraction of sp³-hybridized carbons (Fsp3) is 0.533. The van der Waals surface area contributed by atoms with Gasteiger partial charge in [0, 0.05) is 19.5 Å². The van der Waals surface area contributed by atoms with Crippen LogP contribution >= 0.6 is 7.52 Å². The molecule has 2 aliphatic rings. The van der Waals surface area contributed by atoms with Crippen LogP contribution in [-0.4, -0.2) is 67.8 Å². The number of H-pyrrole nitrogens is 1. The first-order chi connectivity index (χ1) is 12.9. The lowest BCUT2D eigenvalue weighted by Crippen LogP contribution is -2.35. The number of nitrogen functional groups attached to an aromatic ring is 1. The number of ether oxygens (including phenoxy) is 2. The summed E-state index contributed by atoms with van der Waals surface area (Å²) in [5.74, 6) is 0.0238. The summed E-state index contributed by atoms with van der Waals surface area (Å²) in [6.45, 7) is 1.73. The summed E-state index contributed by atoms with van der Waals surface area (Å²) < 4.78 is 26.6. The molecular weight excluding hydrogens is 375 g/mol. The van der Waals surface area contributed by atoms with Crippen LogP contribution in [-0.2, 0) is 14.0 Å². The lowest BCUT2D eigenvalue weighted by Gasteiger charge is -2.30. The van der Waals surface area contributed by atoms with Gasteiger partial charge >= 0.3 is 0 Å². The fourth-order valence-electron chi connectivity index (χ4n) is 3.30. The van der Waals surface area contributed by atoms with Gasteiger partial charge in [-0.2, -0.15) is 4.98 Å². The Labute approximate surface area is 154 Å². The van der Waals surface area contributed by atoms with Crippen LogP contribution in [0, 0.1) is 0 Å². The fourth-order valence-corrected chi connectivity index (χ4v) is 4.64. The minimum atomic E-state index is -3.55. The molecule has 146 valence electrons. The Hall–Kier alpha value is -2.04. The van der Waals surface area contributed by atoms with Crippen molar-refractivity contribution in [2.45, 2.75) is 18.6 Å². The van der Waals surface area contributed by atoms with Crippen molar-refractivity contribution in [3.63, 3.8) is 0 Å². The van der Waals surface area contributed by atoms with Gasteiger partial charge in [0.25, 0.3) is 13.1 Å². The maximum Gasteiger partial charge on any atom is 0.295 e. The molecule has 0 saturated carbocycles. The number of hydrogen-bond acceptors (Lipinski definition) is 7. The van der Waals surface area contributed by atoms with Crippen LogP contribution in [0.15, 0.2) is 23.3 Å². The van der Waals surface area contributed by atoms with Gasteiger partial charge in [0.1, 0.15) is 6.35 Å². The summed E-state index contributed by atoms with van der Waals surface area (Å²) in [5.41, 5.74) is 5.84. The van der Waals surface area contributed by atoms with Gasteiger partial charge < -0.3 is 24.7 Å². The molecule has 1 fully saturated rings. The van der Waals surface area contributed by atoms with Gasteiger partial charge in [-0.25, -0.2) is 9.65 Å². The largest absolute Gasteiger partial charge is 0.379 e. The molecule has 11 nitrogen and oxygen atoms in total.